The lowest BCUT2D eigenvalue weighted by atomic mass is 9.92. The summed E-state index contributed by atoms with van der Waals surface area (Å²) < 4.78 is 0. The number of nitro groups is 1. The Bertz CT molecular complexity index is 893. The highest BCUT2D eigenvalue weighted by Gasteiger charge is 2.31. The van der Waals surface area contributed by atoms with E-state index in [1.54, 1.807) is 29.2 Å². The molecule has 1 heterocycles. The van der Waals surface area contributed by atoms with Gasteiger partial charge in [0.2, 0.25) is 0 Å². The molecular formula is C21H22N2O4. The van der Waals surface area contributed by atoms with E-state index in [-0.39, 0.29) is 29.8 Å². The first-order chi connectivity index (χ1) is 12.9. The molecule has 0 aromatic heterocycles. The van der Waals surface area contributed by atoms with Gasteiger partial charge in [0.05, 0.1) is 4.92 Å². The van der Waals surface area contributed by atoms with E-state index in [4.69, 9.17) is 0 Å². The van der Waals surface area contributed by atoms with Crippen molar-refractivity contribution in [3.05, 3.63) is 69.3 Å². The van der Waals surface area contributed by atoms with Gasteiger partial charge < -0.3 is 9.69 Å². The largest absolute Gasteiger partial charge is 0.305 e. The van der Waals surface area contributed by atoms with Crippen LogP contribution in [0.1, 0.15) is 48.2 Å². The van der Waals surface area contributed by atoms with E-state index in [1.807, 2.05) is 25.1 Å². The molecule has 0 radical (unpaired) electrons. The summed E-state index contributed by atoms with van der Waals surface area (Å²) in [5.74, 6) is -0.136. The number of carbonyl (C=O) groups excluding carboxylic acids is 2. The van der Waals surface area contributed by atoms with Gasteiger partial charge in [-0.25, -0.2) is 0 Å². The molecule has 1 aliphatic rings. The molecule has 1 amide bonds. The van der Waals surface area contributed by atoms with Crippen LogP contribution in [-0.4, -0.2) is 22.7 Å². The average Bonchev–Trinajstić information content (AvgIpc) is 2.65. The fourth-order valence-electron chi connectivity index (χ4n) is 3.53. The number of hydrogen-bond donors (Lipinski definition) is 0. The fraction of sp³-hybridized carbons (Fsp3) is 0.333. The number of Topliss-reactive ketones (excluding diaryl/α,β-unsaturated/α-hetero) is 1. The molecule has 2 aromatic rings. The van der Waals surface area contributed by atoms with Crippen LogP contribution < -0.4 is 4.90 Å². The number of carbonyl (C=O) groups is 2. The molecule has 0 unspecified atom stereocenters. The van der Waals surface area contributed by atoms with E-state index in [2.05, 4.69) is 0 Å². The van der Waals surface area contributed by atoms with E-state index >= 15 is 0 Å². The van der Waals surface area contributed by atoms with Crippen LogP contribution in [0, 0.1) is 10.1 Å². The predicted molar refractivity (Wildman–Crippen MR) is 103 cm³/mol. The summed E-state index contributed by atoms with van der Waals surface area (Å²) in [6.07, 6.45) is 1.96. The summed E-state index contributed by atoms with van der Waals surface area (Å²) in [5.41, 5.74) is 2.62. The quantitative estimate of drug-likeness (QED) is 0.589. The number of anilines is 1. The van der Waals surface area contributed by atoms with Crippen LogP contribution in [0.2, 0.25) is 0 Å². The summed E-state index contributed by atoms with van der Waals surface area (Å²) in [4.78, 5) is 37.3. The normalized spacial score (nSPS) is 15.9. The van der Waals surface area contributed by atoms with Gasteiger partial charge in [0.15, 0.2) is 0 Å². The second kappa shape index (κ2) is 7.70. The van der Waals surface area contributed by atoms with Crippen LogP contribution in [0.4, 0.5) is 11.4 Å². The zero-order valence-electron chi connectivity index (χ0n) is 15.5. The zero-order valence-corrected chi connectivity index (χ0v) is 15.5. The number of hydrogen-bond acceptors (Lipinski definition) is 4. The van der Waals surface area contributed by atoms with Crippen molar-refractivity contribution in [2.24, 2.45) is 0 Å². The molecule has 0 saturated carbocycles. The lowest BCUT2D eigenvalue weighted by molar-refractivity contribution is -0.385. The molecule has 0 fully saturated rings. The zero-order chi connectivity index (χ0) is 19.6. The van der Waals surface area contributed by atoms with Crippen LogP contribution in [-0.2, 0) is 17.6 Å². The van der Waals surface area contributed by atoms with Gasteiger partial charge in [-0.2, -0.15) is 0 Å². The van der Waals surface area contributed by atoms with Gasteiger partial charge in [0.25, 0.3) is 11.6 Å². The van der Waals surface area contributed by atoms with Crippen LogP contribution >= 0.6 is 0 Å². The van der Waals surface area contributed by atoms with E-state index < -0.39 is 4.92 Å². The van der Waals surface area contributed by atoms with E-state index in [0.29, 0.717) is 29.7 Å². The number of nitrogens with zero attached hydrogens (tertiary/aromatic N) is 2. The van der Waals surface area contributed by atoms with E-state index in [0.717, 1.165) is 12.0 Å². The van der Waals surface area contributed by atoms with Crippen LogP contribution in [0.5, 0.6) is 0 Å². The van der Waals surface area contributed by atoms with Crippen LogP contribution in [0.15, 0.2) is 42.5 Å². The van der Waals surface area contributed by atoms with Crippen molar-refractivity contribution in [2.45, 2.75) is 45.6 Å². The Hall–Kier alpha value is -3.02. The van der Waals surface area contributed by atoms with Gasteiger partial charge in [-0.05, 0) is 56.9 Å². The van der Waals surface area contributed by atoms with Crippen LogP contribution in [0.3, 0.4) is 0 Å². The lowest BCUT2D eigenvalue weighted by Crippen LogP contribution is -2.42. The van der Waals surface area contributed by atoms with Gasteiger partial charge >= 0.3 is 0 Å². The molecule has 0 aliphatic carbocycles. The summed E-state index contributed by atoms with van der Waals surface area (Å²) in [6.45, 7) is 3.46. The predicted octanol–water partition coefficient (Wildman–Crippen LogP) is 4.10. The topological polar surface area (TPSA) is 80.5 Å². The minimum absolute atomic E-state index is 0.00711. The molecule has 1 aliphatic heterocycles. The first kappa shape index (κ1) is 18.8. The first-order valence-electron chi connectivity index (χ1n) is 9.06. The summed E-state index contributed by atoms with van der Waals surface area (Å²) in [7, 11) is 0. The van der Waals surface area contributed by atoms with Crippen molar-refractivity contribution in [3.63, 3.8) is 0 Å². The number of rotatable bonds is 5. The smallest absolute Gasteiger partial charge is 0.273 e. The summed E-state index contributed by atoms with van der Waals surface area (Å²) in [6, 6.07) is 12.3. The molecule has 140 valence electrons. The highest BCUT2D eigenvalue weighted by Crippen LogP contribution is 2.37. The molecule has 1 atom stereocenters. The first-order valence-corrected chi connectivity index (χ1v) is 9.06. The number of fused-ring (bicyclic) bond motifs is 1. The van der Waals surface area contributed by atoms with Crippen LogP contribution in [0.25, 0.3) is 0 Å². The Balaban J connectivity index is 2.07. The molecule has 0 bridgehead atoms. The van der Waals surface area contributed by atoms with E-state index in [9.17, 15) is 19.7 Å². The van der Waals surface area contributed by atoms with Gasteiger partial charge in [-0.15, -0.1) is 0 Å². The highest BCUT2D eigenvalue weighted by atomic mass is 16.6. The number of benzene rings is 2. The second-order valence-electron chi connectivity index (χ2n) is 7.00. The third-order valence-electron chi connectivity index (χ3n) is 4.99. The summed E-state index contributed by atoms with van der Waals surface area (Å²) in [5, 5.41) is 11.5. The highest BCUT2D eigenvalue weighted by molar-refractivity contribution is 6.07. The molecule has 6 nitrogen and oxygen atoms in total. The SMILES string of the molecule is CC(=O)CCc1cc2c(cc1[N+](=O)[O-])CC[C@H](C)N2C(=O)c1ccccc1. The number of ketones is 1. The molecular weight excluding hydrogens is 344 g/mol. The maximum absolute atomic E-state index is 13.1. The van der Waals surface area contributed by atoms with Crippen molar-refractivity contribution >= 4 is 23.1 Å². The molecule has 0 spiro atoms. The maximum atomic E-state index is 13.1. The van der Waals surface area contributed by atoms with Crippen molar-refractivity contribution in [1.82, 2.24) is 0 Å². The number of aryl methyl sites for hydroxylation is 2. The molecule has 3 rings (SSSR count). The van der Waals surface area contributed by atoms with Gasteiger partial charge in [0.1, 0.15) is 5.78 Å². The summed E-state index contributed by atoms with van der Waals surface area (Å²) >= 11 is 0. The minimum atomic E-state index is -0.406. The fourth-order valence-corrected chi connectivity index (χ4v) is 3.53. The standard InChI is InChI=1S/C21H22N2O4/c1-14-8-10-17-13-20(23(26)27)18(11-9-15(2)24)12-19(17)22(14)21(25)16-6-4-3-5-7-16/h3-7,12-14H,8-11H2,1-2H3/t14-/m0/s1. The molecule has 6 heteroatoms. The van der Waals surface area contributed by atoms with E-state index in [1.165, 1.54) is 6.92 Å². The van der Waals surface area contributed by atoms with Crippen molar-refractivity contribution in [1.29, 1.82) is 0 Å². The minimum Gasteiger partial charge on any atom is -0.305 e. The monoisotopic (exact) mass is 366 g/mol. The third kappa shape index (κ3) is 3.89. The Labute approximate surface area is 158 Å². The Morgan fingerprint density at radius 3 is 2.56 bits per heavy atom. The Morgan fingerprint density at radius 1 is 1.22 bits per heavy atom. The van der Waals surface area contributed by atoms with Crippen molar-refractivity contribution in [3.8, 4) is 0 Å². The Kier molecular flexibility index (Phi) is 5.35. The molecule has 27 heavy (non-hydrogen) atoms. The van der Waals surface area contributed by atoms with Crippen molar-refractivity contribution in [2.75, 3.05) is 4.90 Å². The third-order valence-corrected chi connectivity index (χ3v) is 4.99. The lowest BCUT2D eigenvalue weighted by Gasteiger charge is -2.35. The number of amides is 1. The van der Waals surface area contributed by atoms with Gasteiger partial charge in [0, 0.05) is 35.3 Å². The molecule has 0 N–H and O–H groups in total. The van der Waals surface area contributed by atoms with Crippen molar-refractivity contribution < 1.29 is 14.5 Å². The number of nitro benzene ring substituents is 1. The Morgan fingerprint density at radius 2 is 1.93 bits per heavy atom. The molecule has 2 aromatic carbocycles. The second-order valence-corrected chi connectivity index (χ2v) is 7.00. The van der Waals surface area contributed by atoms with Gasteiger partial charge in [-0.3, -0.25) is 14.9 Å². The molecule has 0 saturated heterocycles. The van der Waals surface area contributed by atoms with Gasteiger partial charge in [-0.1, -0.05) is 18.2 Å². The average molecular weight is 366 g/mol. The maximum Gasteiger partial charge on any atom is 0.273 e.